The Morgan fingerprint density at radius 2 is 1.64 bits per heavy atom. The van der Waals surface area contributed by atoms with Crippen molar-refractivity contribution in [2.75, 3.05) is 32.7 Å². The van der Waals surface area contributed by atoms with E-state index in [1.54, 1.807) is 56.0 Å². The van der Waals surface area contributed by atoms with Gasteiger partial charge in [0.2, 0.25) is 21.8 Å². The summed E-state index contributed by atoms with van der Waals surface area (Å²) in [7, 11) is -4.08. The summed E-state index contributed by atoms with van der Waals surface area (Å²) in [5.74, 6) is -2.97. The number of amides is 3. The van der Waals surface area contributed by atoms with Crippen LogP contribution in [0.4, 0.5) is 4.79 Å². The first-order valence-electron chi connectivity index (χ1n) is 13.1. The molecule has 2 aliphatic heterocycles. The summed E-state index contributed by atoms with van der Waals surface area (Å²) >= 11 is 0. The molecule has 39 heavy (non-hydrogen) atoms. The standard InChI is InChI=1S/C26H38N4O8S/c1-26(2,3)38-25(35)29-14-15-30(21(17-29)24(33)34)23(32)20(16-22(31)28-12-8-5-9-13-28)27-39(36,37)18-19-10-6-4-7-11-19/h4,6-7,10-11,20-21,27H,5,8-9,12-18H2,1-3H3,(H,33,34)/t20-,21+/m1/s1. The Morgan fingerprint density at radius 1 is 1.00 bits per heavy atom. The van der Waals surface area contributed by atoms with E-state index in [0.29, 0.717) is 18.7 Å². The van der Waals surface area contributed by atoms with Crippen molar-refractivity contribution in [1.82, 2.24) is 19.4 Å². The number of rotatable bonds is 8. The lowest BCUT2D eigenvalue weighted by molar-refractivity contribution is -0.154. The van der Waals surface area contributed by atoms with Crippen molar-refractivity contribution in [2.45, 2.75) is 69.9 Å². The Kier molecular flexibility index (Phi) is 9.94. The molecular formula is C26H38N4O8S. The molecular weight excluding hydrogens is 528 g/mol. The summed E-state index contributed by atoms with van der Waals surface area (Å²) in [5, 5.41) is 9.90. The van der Waals surface area contributed by atoms with Crippen LogP contribution in [0.5, 0.6) is 0 Å². The minimum Gasteiger partial charge on any atom is -0.480 e. The second kappa shape index (κ2) is 12.8. The normalized spacial score (nSPS) is 19.4. The maximum absolute atomic E-state index is 13.7. The molecule has 0 radical (unpaired) electrons. The van der Waals surface area contributed by atoms with E-state index < -0.39 is 57.9 Å². The molecule has 3 amide bonds. The highest BCUT2D eigenvalue weighted by Gasteiger charge is 2.42. The lowest BCUT2D eigenvalue weighted by Gasteiger charge is -2.41. The third-order valence-electron chi connectivity index (χ3n) is 6.51. The van der Waals surface area contributed by atoms with Crippen LogP contribution >= 0.6 is 0 Å². The van der Waals surface area contributed by atoms with Crippen molar-refractivity contribution in [1.29, 1.82) is 0 Å². The minimum absolute atomic E-state index is 0.00596. The lowest BCUT2D eigenvalue weighted by atomic mass is 10.1. The van der Waals surface area contributed by atoms with Crippen molar-refractivity contribution in [3.05, 3.63) is 35.9 Å². The molecule has 2 saturated heterocycles. The highest BCUT2D eigenvalue weighted by molar-refractivity contribution is 7.88. The van der Waals surface area contributed by atoms with Crippen LogP contribution in [0, 0.1) is 0 Å². The van der Waals surface area contributed by atoms with Gasteiger partial charge < -0.3 is 24.5 Å². The van der Waals surface area contributed by atoms with Crippen LogP contribution in [0.15, 0.2) is 30.3 Å². The summed E-state index contributed by atoms with van der Waals surface area (Å²) in [6, 6.07) is 5.45. The number of carbonyl (C=O) groups excluding carboxylic acids is 3. The first-order valence-corrected chi connectivity index (χ1v) is 14.7. The maximum Gasteiger partial charge on any atom is 0.410 e. The summed E-state index contributed by atoms with van der Waals surface area (Å²) in [5.41, 5.74) is -0.298. The second-order valence-corrected chi connectivity index (χ2v) is 12.6. The molecule has 3 rings (SSSR count). The monoisotopic (exact) mass is 566 g/mol. The zero-order valence-corrected chi connectivity index (χ0v) is 23.5. The predicted octanol–water partition coefficient (Wildman–Crippen LogP) is 1.41. The SMILES string of the molecule is CC(C)(C)OC(=O)N1CCN(C(=O)[C@@H](CC(=O)N2CCCCC2)NS(=O)(=O)Cc2ccccc2)[C@H](C(=O)O)C1. The number of likely N-dealkylation sites (tertiary alicyclic amines) is 1. The third kappa shape index (κ3) is 8.92. The van der Waals surface area contributed by atoms with Gasteiger partial charge in [-0.05, 0) is 45.6 Å². The smallest absolute Gasteiger partial charge is 0.410 e. The number of carbonyl (C=O) groups is 4. The Bertz CT molecular complexity index is 1150. The molecule has 2 heterocycles. The van der Waals surface area contributed by atoms with Gasteiger partial charge >= 0.3 is 12.1 Å². The third-order valence-corrected chi connectivity index (χ3v) is 7.86. The molecule has 2 fully saturated rings. The number of nitrogens with zero attached hydrogens (tertiary/aromatic N) is 3. The van der Waals surface area contributed by atoms with E-state index in [2.05, 4.69) is 4.72 Å². The largest absolute Gasteiger partial charge is 0.480 e. The van der Waals surface area contributed by atoms with E-state index in [-0.39, 0.29) is 25.5 Å². The number of carboxylic acid groups (broad SMARTS) is 1. The van der Waals surface area contributed by atoms with E-state index in [1.807, 2.05) is 0 Å². The van der Waals surface area contributed by atoms with Gasteiger partial charge in [0, 0.05) is 26.2 Å². The van der Waals surface area contributed by atoms with Crippen molar-refractivity contribution in [3.8, 4) is 0 Å². The molecule has 0 unspecified atom stereocenters. The van der Waals surface area contributed by atoms with Gasteiger partial charge in [-0.25, -0.2) is 22.7 Å². The van der Waals surface area contributed by atoms with Gasteiger partial charge in [-0.1, -0.05) is 30.3 Å². The molecule has 0 aliphatic carbocycles. The molecule has 0 bridgehead atoms. The molecule has 0 spiro atoms. The average molecular weight is 567 g/mol. The van der Waals surface area contributed by atoms with Crippen molar-refractivity contribution >= 4 is 33.9 Å². The molecule has 1 aromatic rings. The predicted molar refractivity (Wildman–Crippen MR) is 142 cm³/mol. The Labute approximate surface area is 229 Å². The Morgan fingerprint density at radius 3 is 2.23 bits per heavy atom. The number of sulfonamides is 1. The molecule has 12 nitrogen and oxygen atoms in total. The van der Waals surface area contributed by atoms with Crippen LogP contribution in [0.1, 0.15) is 52.0 Å². The highest BCUT2D eigenvalue weighted by atomic mass is 32.2. The van der Waals surface area contributed by atoms with Gasteiger partial charge in [-0.3, -0.25) is 9.59 Å². The van der Waals surface area contributed by atoms with Gasteiger partial charge in [0.1, 0.15) is 17.7 Å². The quantitative estimate of drug-likeness (QED) is 0.479. The Balaban J connectivity index is 1.81. The number of piperazine rings is 1. The molecule has 216 valence electrons. The summed E-state index contributed by atoms with van der Waals surface area (Å²) in [4.78, 5) is 55.3. The summed E-state index contributed by atoms with van der Waals surface area (Å²) in [6.45, 7) is 5.59. The number of ether oxygens (including phenoxy) is 1. The van der Waals surface area contributed by atoms with Gasteiger partial charge in [0.25, 0.3) is 0 Å². The Hall–Kier alpha value is -3.19. The van der Waals surface area contributed by atoms with Gasteiger partial charge in [0.15, 0.2) is 0 Å². The fraction of sp³-hybridized carbons (Fsp3) is 0.615. The minimum atomic E-state index is -4.08. The number of benzene rings is 1. The number of carboxylic acids is 1. The number of hydrogen-bond donors (Lipinski definition) is 2. The topological polar surface area (TPSA) is 154 Å². The second-order valence-electron chi connectivity index (χ2n) is 10.9. The highest BCUT2D eigenvalue weighted by Crippen LogP contribution is 2.19. The first-order chi connectivity index (χ1) is 18.3. The number of hydrogen-bond acceptors (Lipinski definition) is 7. The average Bonchev–Trinajstić information content (AvgIpc) is 2.87. The first kappa shape index (κ1) is 30.4. The molecule has 2 aliphatic rings. The fourth-order valence-electron chi connectivity index (χ4n) is 4.63. The van der Waals surface area contributed by atoms with Gasteiger partial charge in [-0.2, -0.15) is 0 Å². The van der Waals surface area contributed by atoms with Crippen LogP contribution in [-0.2, 0) is 34.9 Å². The van der Waals surface area contributed by atoms with Crippen LogP contribution in [0.2, 0.25) is 0 Å². The molecule has 2 N–H and O–H groups in total. The molecule has 0 saturated carbocycles. The van der Waals surface area contributed by atoms with Crippen LogP contribution in [-0.4, -0.2) is 103 Å². The molecule has 0 aromatic heterocycles. The molecule has 2 atom stereocenters. The number of nitrogens with one attached hydrogen (secondary N) is 1. The van der Waals surface area contributed by atoms with E-state index in [1.165, 1.54) is 4.90 Å². The molecule has 1 aromatic carbocycles. The lowest BCUT2D eigenvalue weighted by Crippen LogP contribution is -2.63. The van der Waals surface area contributed by atoms with Crippen molar-refractivity contribution in [3.63, 3.8) is 0 Å². The van der Waals surface area contributed by atoms with E-state index >= 15 is 0 Å². The van der Waals surface area contributed by atoms with Crippen molar-refractivity contribution < 1.29 is 37.4 Å². The van der Waals surface area contributed by atoms with Crippen LogP contribution in [0.25, 0.3) is 0 Å². The summed E-state index contributed by atoms with van der Waals surface area (Å²) in [6.07, 6.45) is 1.47. The van der Waals surface area contributed by atoms with E-state index in [0.717, 1.165) is 24.2 Å². The summed E-state index contributed by atoms with van der Waals surface area (Å²) < 4.78 is 33.8. The van der Waals surface area contributed by atoms with E-state index in [9.17, 15) is 32.7 Å². The maximum atomic E-state index is 13.7. The number of piperidine rings is 1. The zero-order valence-electron chi connectivity index (χ0n) is 22.7. The fourth-order valence-corrected chi connectivity index (χ4v) is 5.96. The number of aliphatic carboxylic acids is 1. The van der Waals surface area contributed by atoms with Gasteiger partial charge in [0.05, 0.1) is 18.7 Å². The zero-order chi connectivity index (χ0) is 28.8. The van der Waals surface area contributed by atoms with Crippen LogP contribution < -0.4 is 4.72 Å². The van der Waals surface area contributed by atoms with E-state index in [4.69, 9.17) is 4.74 Å². The molecule has 13 heteroatoms. The van der Waals surface area contributed by atoms with Crippen molar-refractivity contribution in [2.24, 2.45) is 0 Å². The van der Waals surface area contributed by atoms with Crippen LogP contribution in [0.3, 0.4) is 0 Å². The van der Waals surface area contributed by atoms with Gasteiger partial charge in [-0.15, -0.1) is 0 Å².